The molecule has 0 atom stereocenters. The van der Waals surface area contributed by atoms with Gasteiger partial charge in [0.25, 0.3) is 0 Å². The summed E-state index contributed by atoms with van der Waals surface area (Å²) in [6, 6.07) is 93.7. The Labute approximate surface area is 371 Å². The molecule has 10 rings (SSSR count). The first-order valence-corrected chi connectivity index (χ1v) is 21.6. The minimum Gasteiger partial charge on any atom is -0.311 e. The van der Waals surface area contributed by atoms with E-state index >= 15 is 0 Å². The zero-order chi connectivity index (χ0) is 42.4. The Morgan fingerprint density at radius 1 is 0.175 bits per heavy atom. The minimum absolute atomic E-state index is 1.10. The fourth-order valence-corrected chi connectivity index (χ4v) is 8.35. The van der Waals surface area contributed by atoms with Crippen molar-refractivity contribution in [3.63, 3.8) is 0 Å². The summed E-state index contributed by atoms with van der Waals surface area (Å²) in [5.74, 6) is 0. The van der Waals surface area contributed by atoms with Crippen LogP contribution in [-0.2, 0) is 0 Å². The summed E-state index contributed by atoms with van der Waals surface area (Å²) in [4.78, 5) is 4.64. The van der Waals surface area contributed by atoms with Gasteiger partial charge in [0.2, 0.25) is 0 Å². The van der Waals surface area contributed by atoms with Gasteiger partial charge in [-0.2, -0.15) is 0 Å². The highest BCUT2D eigenvalue weighted by molar-refractivity contribution is 5.83. The van der Waals surface area contributed by atoms with Crippen LogP contribution in [0.15, 0.2) is 261 Å². The molecule has 63 heavy (non-hydrogen) atoms. The second-order valence-corrected chi connectivity index (χ2v) is 15.9. The van der Waals surface area contributed by atoms with Gasteiger partial charge < -0.3 is 9.80 Å². The average molecular weight is 807 g/mol. The van der Waals surface area contributed by atoms with Gasteiger partial charge in [-0.3, -0.25) is 0 Å². The first-order chi connectivity index (χ1) is 31.1. The van der Waals surface area contributed by atoms with E-state index in [4.69, 9.17) is 0 Å². The monoisotopic (exact) mass is 806 g/mol. The summed E-state index contributed by atoms with van der Waals surface area (Å²) >= 11 is 0. The molecule has 0 radical (unpaired) electrons. The molecule has 0 unspecified atom stereocenters. The van der Waals surface area contributed by atoms with Crippen molar-refractivity contribution in [3.05, 3.63) is 266 Å². The van der Waals surface area contributed by atoms with Crippen molar-refractivity contribution < 1.29 is 0 Å². The Hall–Kier alpha value is -8.20. The molecular weight excluding hydrogens is 761 g/mol. The number of benzene rings is 10. The lowest BCUT2D eigenvalue weighted by molar-refractivity contribution is 1.28. The highest BCUT2D eigenvalue weighted by Crippen LogP contribution is 2.39. The Bertz CT molecular complexity index is 3020. The van der Waals surface area contributed by atoms with Gasteiger partial charge >= 0.3 is 0 Å². The molecule has 300 valence electrons. The van der Waals surface area contributed by atoms with Crippen molar-refractivity contribution in [1.82, 2.24) is 0 Å². The molecule has 2 nitrogen and oxygen atoms in total. The lowest BCUT2D eigenvalue weighted by atomic mass is 9.99. The molecule has 0 N–H and O–H groups in total. The Morgan fingerprint density at radius 2 is 0.349 bits per heavy atom. The highest BCUT2D eigenvalue weighted by Gasteiger charge is 2.15. The maximum absolute atomic E-state index is 2.32. The van der Waals surface area contributed by atoms with Crippen LogP contribution in [0, 0.1) is 6.92 Å². The quantitative estimate of drug-likeness (QED) is 0.128. The van der Waals surface area contributed by atoms with Crippen LogP contribution in [0.2, 0.25) is 0 Å². The topological polar surface area (TPSA) is 6.48 Å². The first kappa shape index (κ1) is 39.0. The van der Waals surface area contributed by atoms with E-state index in [2.05, 4.69) is 278 Å². The lowest BCUT2D eigenvalue weighted by Gasteiger charge is -2.26. The lowest BCUT2D eigenvalue weighted by Crippen LogP contribution is -2.10. The maximum atomic E-state index is 2.32. The Morgan fingerprint density at radius 3 is 0.603 bits per heavy atom. The van der Waals surface area contributed by atoms with Gasteiger partial charge in [0.05, 0.1) is 0 Å². The second-order valence-electron chi connectivity index (χ2n) is 15.9. The predicted octanol–water partition coefficient (Wildman–Crippen LogP) is 17.3. The van der Waals surface area contributed by atoms with Crippen molar-refractivity contribution >= 4 is 34.1 Å². The van der Waals surface area contributed by atoms with Crippen molar-refractivity contribution in [1.29, 1.82) is 0 Å². The molecule has 0 heterocycles. The van der Waals surface area contributed by atoms with E-state index in [1.54, 1.807) is 0 Å². The van der Waals surface area contributed by atoms with Crippen LogP contribution in [-0.4, -0.2) is 0 Å². The molecule has 0 aliphatic heterocycles. The fourth-order valence-electron chi connectivity index (χ4n) is 8.35. The molecule has 0 amide bonds. The number of rotatable bonds is 11. The Balaban J connectivity index is 0.883. The van der Waals surface area contributed by atoms with E-state index in [0.29, 0.717) is 0 Å². The number of nitrogens with zero attached hydrogens (tertiary/aromatic N) is 2. The second kappa shape index (κ2) is 17.8. The van der Waals surface area contributed by atoms with Crippen molar-refractivity contribution in [2.24, 2.45) is 0 Å². The van der Waals surface area contributed by atoms with Crippen LogP contribution in [0.4, 0.5) is 34.1 Å². The summed E-state index contributed by atoms with van der Waals surface area (Å²) in [5.41, 5.74) is 19.9. The van der Waals surface area contributed by atoms with E-state index < -0.39 is 0 Å². The molecule has 0 spiro atoms. The standard InChI is InChI=1S/C61H46N2/c1-45-17-19-47(20-18-45)49-25-27-51(28-26-49)53-31-39-59(40-32-53)63(57-15-9-4-10-16-57)61-43-35-55(36-44-61)54-33-41-60(42-34-54)62(56-13-7-3-8-14-56)58-37-29-52(30-38-58)50-23-21-48(22-24-50)46-11-5-2-6-12-46/h2-44H,1H3. The van der Waals surface area contributed by atoms with Gasteiger partial charge in [-0.1, -0.05) is 194 Å². The Kier molecular flexibility index (Phi) is 11.0. The molecule has 0 fully saturated rings. The van der Waals surface area contributed by atoms with Crippen molar-refractivity contribution in [3.8, 4) is 55.6 Å². The molecule has 0 aliphatic carbocycles. The fraction of sp³-hybridized carbons (Fsp3) is 0.0164. The van der Waals surface area contributed by atoms with Crippen LogP contribution in [0.3, 0.4) is 0 Å². The highest BCUT2D eigenvalue weighted by atomic mass is 15.1. The summed E-state index contributed by atoms with van der Waals surface area (Å²) in [5, 5.41) is 0. The molecule has 0 bridgehead atoms. The molecule has 10 aromatic rings. The molecule has 0 aromatic heterocycles. The van der Waals surface area contributed by atoms with Crippen LogP contribution in [0.25, 0.3) is 55.6 Å². The molecule has 10 aromatic carbocycles. The van der Waals surface area contributed by atoms with Crippen LogP contribution >= 0.6 is 0 Å². The van der Waals surface area contributed by atoms with Gasteiger partial charge in [0, 0.05) is 34.1 Å². The van der Waals surface area contributed by atoms with E-state index in [0.717, 1.165) is 45.3 Å². The number of para-hydroxylation sites is 2. The van der Waals surface area contributed by atoms with Gasteiger partial charge in [0.15, 0.2) is 0 Å². The van der Waals surface area contributed by atoms with E-state index in [-0.39, 0.29) is 0 Å². The van der Waals surface area contributed by atoms with Crippen LogP contribution < -0.4 is 9.80 Å². The first-order valence-electron chi connectivity index (χ1n) is 21.6. The largest absolute Gasteiger partial charge is 0.311 e. The van der Waals surface area contributed by atoms with Gasteiger partial charge in [-0.05, 0) is 135 Å². The minimum atomic E-state index is 1.10. The van der Waals surface area contributed by atoms with Crippen molar-refractivity contribution in [2.75, 3.05) is 9.80 Å². The average Bonchev–Trinajstić information content (AvgIpc) is 3.36. The SMILES string of the molecule is Cc1ccc(-c2ccc(-c3ccc(N(c4ccccc4)c4ccc(-c5ccc(N(c6ccccc6)c6ccc(-c7ccc(-c8ccccc8)cc7)cc6)cc5)cc4)cc3)cc2)cc1. The maximum Gasteiger partial charge on any atom is 0.0462 e. The summed E-state index contributed by atoms with van der Waals surface area (Å²) < 4.78 is 0. The van der Waals surface area contributed by atoms with Crippen molar-refractivity contribution in [2.45, 2.75) is 6.92 Å². The van der Waals surface area contributed by atoms with E-state index in [1.807, 2.05) is 0 Å². The third kappa shape index (κ3) is 8.57. The van der Waals surface area contributed by atoms with E-state index in [9.17, 15) is 0 Å². The molecule has 0 saturated carbocycles. The van der Waals surface area contributed by atoms with Crippen LogP contribution in [0.1, 0.15) is 5.56 Å². The number of hydrogen-bond donors (Lipinski definition) is 0. The zero-order valence-corrected chi connectivity index (χ0v) is 35.2. The number of hydrogen-bond acceptors (Lipinski definition) is 2. The smallest absolute Gasteiger partial charge is 0.0462 e. The van der Waals surface area contributed by atoms with Gasteiger partial charge in [-0.25, -0.2) is 0 Å². The third-order valence-electron chi connectivity index (χ3n) is 11.8. The number of anilines is 6. The normalized spacial score (nSPS) is 10.9. The molecule has 0 saturated heterocycles. The number of aryl methyl sites for hydroxylation is 1. The molecule has 2 heteroatoms. The summed E-state index contributed by atoms with van der Waals surface area (Å²) in [6.07, 6.45) is 0. The third-order valence-corrected chi connectivity index (χ3v) is 11.8. The van der Waals surface area contributed by atoms with Gasteiger partial charge in [-0.15, -0.1) is 0 Å². The van der Waals surface area contributed by atoms with Gasteiger partial charge in [0.1, 0.15) is 0 Å². The zero-order valence-electron chi connectivity index (χ0n) is 35.2. The summed E-state index contributed by atoms with van der Waals surface area (Å²) in [6.45, 7) is 2.12. The molecular formula is C61H46N2. The van der Waals surface area contributed by atoms with E-state index in [1.165, 1.54) is 50.1 Å². The predicted molar refractivity (Wildman–Crippen MR) is 268 cm³/mol. The molecule has 0 aliphatic rings. The summed E-state index contributed by atoms with van der Waals surface area (Å²) in [7, 11) is 0. The van der Waals surface area contributed by atoms with Crippen LogP contribution in [0.5, 0.6) is 0 Å².